The fourth-order valence-electron chi connectivity index (χ4n) is 2.10. The number of rotatable bonds is 2. The third-order valence-corrected chi connectivity index (χ3v) is 4.07. The number of hydrogen-bond donors (Lipinski definition) is 2. The van der Waals surface area contributed by atoms with Gasteiger partial charge in [-0.3, -0.25) is 10.1 Å². The van der Waals surface area contributed by atoms with Crippen molar-refractivity contribution in [2.75, 3.05) is 11.9 Å². The molecule has 1 aliphatic heterocycles. The molecule has 0 fully saturated rings. The van der Waals surface area contributed by atoms with E-state index in [2.05, 4.69) is 15.6 Å². The van der Waals surface area contributed by atoms with E-state index in [0.29, 0.717) is 18.7 Å². The summed E-state index contributed by atoms with van der Waals surface area (Å²) in [6.07, 6.45) is 0.737. The summed E-state index contributed by atoms with van der Waals surface area (Å²) in [5.74, 6) is -4.54. The highest BCUT2D eigenvalue weighted by atomic mass is 32.1. The van der Waals surface area contributed by atoms with Gasteiger partial charge in [0.1, 0.15) is 23.0 Å². The van der Waals surface area contributed by atoms with Crippen LogP contribution in [0.2, 0.25) is 0 Å². The maximum absolute atomic E-state index is 13.5. The molecule has 0 atom stereocenters. The molecule has 1 amide bonds. The molecule has 1 aromatic heterocycles. The standard InChI is InChI=1S/C13H10F3N3OS/c14-6-3-7(15)11(8(16)4-6)12(20)19-13-18-9-1-2-17-5-10(9)21-13/h3-4,17H,1-2,5H2,(H,18,19,20). The van der Waals surface area contributed by atoms with Gasteiger partial charge < -0.3 is 5.32 Å². The summed E-state index contributed by atoms with van der Waals surface area (Å²) in [6, 6.07) is 0.934. The zero-order valence-electron chi connectivity index (χ0n) is 10.7. The topological polar surface area (TPSA) is 54.0 Å². The Morgan fingerprint density at radius 3 is 2.67 bits per heavy atom. The fourth-order valence-corrected chi connectivity index (χ4v) is 3.07. The number of benzene rings is 1. The van der Waals surface area contributed by atoms with Gasteiger partial charge in [-0.25, -0.2) is 18.2 Å². The van der Waals surface area contributed by atoms with E-state index in [1.165, 1.54) is 11.3 Å². The van der Waals surface area contributed by atoms with Crippen LogP contribution in [0.15, 0.2) is 12.1 Å². The average molecular weight is 313 g/mol. The van der Waals surface area contributed by atoms with E-state index >= 15 is 0 Å². The second-order valence-electron chi connectivity index (χ2n) is 4.51. The van der Waals surface area contributed by atoms with E-state index in [-0.39, 0.29) is 5.13 Å². The van der Waals surface area contributed by atoms with Gasteiger partial charge in [-0.15, -0.1) is 11.3 Å². The van der Waals surface area contributed by atoms with Gasteiger partial charge in [0.25, 0.3) is 5.91 Å². The lowest BCUT2D eigenvalue weighted by atomic mass is 10.2. The minimum Gasteiger partial charge on any atom is -0.311 e. The van der Waals surface area contributed by atoms with Crippen LogP contribution in [-0.4, -0.2) is 17.4 Å². The minimum absolute atomic E-state index is 0.275. The Labute approximate surface area is 122 Å². The number of anilines is 1. The van der Waals surface area contributed by atoms with Crippen molar-refractivity contribution >= 4 is 22.4 Å². The molecule has 0 saturated carbocycles. The SMILES string of the molecule is O=C(Nc1nc2c(s1)CNCC2)c1c(F)cc(F)cc1F. The molecule has 2 N–H and O–H groups in total. The smallest absolute Gasteiger partial charge is 0.263 e. The summed E-state index contributed by atoms with van der Waals surface area (Å²) in [6.45, 7) is 1.45. The van der Waals surface area contributed by atoms with Gasteiger partial charge in [0.05, 0.1) is 5.69 Å². The maximum atomic E-state index is 13.5. The van der Waals surface area contributed by atoms with E-state index in [1.54, 1.807) is 0 Å². The van der Waals surface area contributed by atoms with Gasteiger partial charge in [0.2, 0.25) is 0 Å². The Bertz CT molecular complexity index is 670. The highest BCUT2D eigenvalue weighted by Gasteiger charge is 2.21. The molecule has 0 unspecified atom stereocenters. The van der Waals surface area contributed by atoms with Crippen molar-refractivity contribution in [1.82, 2.24) is 10.3 Å². The van der Waals surface area contributed by atoms with Gasteiger partial charge >= 0.3 is 0 Å². The Kier molecular flexibility index (Phi) is 3.64. The number of amides is 1. The summed E-state index contributed by atoms with van der Waals surface area (Å²) in [4.78, 5) is 17.1. The van der Waals surface area contributed by atoms with Crippen LogP contribution in [0.25, 0.3) is 0 Å². The number of thiazole rings is 1. The van der Waals surface area contributed by atoms with Crippen molar-refractivity contribution in [2.45, 2.75) is 13.0 Å². The number of carbonyl (C=O) groups is 1. The Morgan fingerprint density at radius 1 is 1.29 bits per heavy atom. The lowest BCUT2D eigenvalue weighted by Gasteiger charge is -2.09. The number of nitrogens with one attached hydrogen (secondary N) is 2. The van der Waals surface area contributed by atoms with Crippen LogP contribution in [-0.2, 0) is 13.0 Å². The first kappa shape index (κ1) is 14.0. The van der Waals surface area contributed by atoms with E-state index < -0.39 is 28.9 Å². The largest absolute Gasteiger partial charge is 0.311 e. The molecular weight excluding hydrogens is 303 g/mol. The van der Waals surface area contributed by atoms with Gasteiger partial charge in [-0.05, 0) is 0 Å². The summed E-state index contributed by atoms with van der Waals surface area (Å²) < 4.78 is 39.9. The van der Waals surface area contributed by atoms with E-state index in [0.717, 1.165) is 23.5 Å². The summed E-state index contributed by atoms with van der Waals surface area (Å²) in [7, 11) is 0. The van der Waals surface area contributed by atoms with Crippen molar-refractivity contribution in [3.8, 4) is 0 Å². The van der Waals surface area contributed by atoms with Crippen molar-refractivity contribution in [1.29, 1.82) is 0 Å². The normalized spacial score (nSPS) is 13.9. The molecule has 3 rings (SSSR count). The highest BCUT2D eigenvalue weighted by molar-refractivity contribution is 7.15. The molecule has 0 spiro atoms. The van der Waals surface area contributed by atoms with Gasteiger partial charge in [-0.1, -0.05) is 0 Å². The molecule has 1 aliphatic rings. The maximum Gasteiger partial charge on any atom is 0.263 e. The van der Waals surface area contributed by atoms with Crippen LogP contribution in [0.3, 0.4) is 0 Å². The molecule has 0 bridgehead atoms. The average Bonchev–Trinajstić information content (AvgIpc) is 2.79. The van der Waals surface area contributed by atoms with Crippen LogP contribution in [0.4, 0.5) is 18.3 Å². The Balaban J connectivity index is 1.85. The zero-order chi connectivity index (χ0) is 15.0. The number of fused-ring (bicyclic) bond motifs is 1. The van der Waals surface area contributed by atoms with E-state index in [1.807, 2.05) is 0 Å². The number of halogens is 3. The number of nitrogens with zero attached hydrogens (tertiary/aromatic N) is 1. The molecule has 2 aromatic rings. The van der Waals surface area contributed by atoms with Crippen molar-refractivity contribution in [3.63, 3.8) is 0 Å². The number of hydrogen-bond acceptors (Lipinski definition) is 4. The first-order chi connectivity index (χ1) is 10.0. The van der Waals surface area contributed by atoms with E-state index in [4.69, 9.17) is 0 Å². The molecule has 8 heteroatoms. The molecule has 0 radical (unpaired) electrons. The van der Waals surface area contributed by atoms with Crippen molar-refractivity contribution in [2.24, 2.45) is 0 Å². The van der Waals surface area contributed by atoms with E-state index in [9.17, 15) is 18.0 Å². The molecule has 1 aromatic carbocycles. The Hall–Kier alpha value is -1.93. The monoisotopic (exact) mass is 313 g/mol. The molecule has 4 nitrogen and oxygen atoms in total. The lowest BCUT2D eigenvalue weighted by molar-refractivity contribution is 0.101. The minimum atomic E-state index is -1.24. The lowest BCUT2D eigenvalue weighted by Crippen LogP contribution is -2.22. The van der Waals surface area contributed by atoms with Gasteiger partial charge in [-0.2, -0.15) is 0 Å². The molecule has 21 heavy (non-hydrogen) atoms. The second-order valence-corrected chi connectivity index (χ2v) is 5.60. The second kappa shape index (κ2) is 5.45. The molecule has 2 heterocycles. The van der Waals surface area contributed by atoms with Crippen LogP contribution in [0, 0.1) is 17.5 Å². The number of aromatic nitrogens is 1. The zero-order valence-corrected chi connectivity index (χ0v) is 11.5. The predicted molar refractivity (Wildman–Crippen MR) is 71.8 cm³/mol. The van der Waals surface area contributed by atoms with Gasteiger partial charge in [0, 0.05) is 36.5 Å². The van der Waals surface area contributed by atoms with Crippen LogP contribution in [0.5, 0.6) is 0 Å². The van der Waals surface area contributed by atoms with Gasteiger partial charge in [0.15, 0.2) is 5.13 Å². The summed E-state index contributed by atoms with van der Waals surface area (Å²) in [5.41, 5.74) is 0.0526. The van der Waals surface area contributed by atoms with Crippen LogP contribution in [0.1, 0.15) is 20.9 Å². The number of carbonyl (C=O) groups excluding carboxylic acids is 1. The van der Waals surface area contributed by atoms with Crippen molar-refractivity contribution < 1.29 is 18.0 Å². The molecular formula is C13H10F3N3OS. The third kappa shape index (κ3) is 2.77. The quantitative estimate of drug-likeness (QED) is 0.895. The summed E-state index contributed by atoms with van der Waals surface area (Å²) in [5, 5.41) is 5.79. The summed E-state index contributed by atoms with van der Waals surface area (Å²) >= 11 is 1.25. The van der Waals surface area contributed by atoms with Crippen LogP contribution >= 0.6 is 11.3 Å². The fraction of sp³-hybridized carbons (Fsp3) is 0.231. The molecule has 110 valence electrons. The molecule has 0 aliphatic carbocycles. The first-order valence-corrected chi connectivity index (χ1v) is 7.01. The van der Waals surface area contributed by atoms with Crippen molar-refractivity contribution in [3.05, 3.63) is 45.7 Å². The molecule has 0 saturated heterocycles. The highest BCUT2D eigenvalue weighted by Crippen LogP contribution is 2.26. The first-order valence-electron chi connectivity index (χ1n) is 6.20. The van der Waals surface area contributed by atoms with Crippen LogP contribution < -0.4 is 10.6 Å². The predicted octanol–water partition coefficient (Wildman–Crippen LogP) is 2.46. The third-order valence-electron chi connectivity index (χ3n) is 3.06. The Morgan fingerprint density at radius 2 is 2.00 bits per heavy atom.